The molecule has 14 heavy (non-hydrogen) atoms. The summed E-state index contributed by atoms with van der Waals surface area (Å²) in [7, 11) is 0. The number of fused-ring (bicyclic) bond motifs is 1. The lowest BCUT2D eigenvalue weighted by molar-refractivity contribution is 0.161. The molecular formula is C13H18O. The predicted molar refractivity (Wildman–Crippen MR) is 58.5 cm³/mol. The molecule has 76 valence electrons. The molecule has 0 radical (unpaired) electrons. The lowest BCUT2D eigenvalue weighted by Gasteiger charge is -2.21. The molecule has 1 atom stereocenters. The van der Waals surface area contributed by atoms with E-state index in [1.807, 2.05) is 0 Å². The van der Waals surface area contributed by atoms with E-state index in [2.05, 4.69) is 39.8 Å². The maximum absolute atomic E-state index is 10.0. The van der Waals surface area contributed by atoms with Crippen molar-refractivity contribution in [3.8, 4) is 0 Å². The molecule has 0 bridgehead atoms. The maximum atomic E-state index is 10.0. The van der Waals surface area contributed by atoms with Gasteiger partial charge in [0.2, 0.25) is 0 Å². The van der Waals surface area contributed by atoms with Crippen LogP contribution in [-0.4, -0.2) is 5.11 Å². The van der Waals surface area contributed by atoms with Gasteiger partial charge < -0.3 is 5.11 Å². The van der Waals surface area contributed by atoms with Crippen LogP contribution in [0.1, 0.15) is 48.6 Å². The summed E-state index contributed by atoms with van der Waals surface area (Å²) in [5, 5.41) is 10.0. The van der Waals surface area contributed by atoms with Crippen molar-refractivity contribution >= 4 is 0 Å². The van der Waals surface area contributed by atoms with Crippen LogP contribution in [0.4, 0.5) is 0 Å². The molecule has 1 aliphatic rings. The molecule has 1 aromatic rings. The smallest absolute Gasteiger partial charge is 0.0803 e. The van der Waals surface area contributed by atoms with Crippen molar-refractivity contribution < 1.29 is 5.11 Å². The van der Waals surface area contributed by atoms with Gasteiger partial charge in [-0.2, -0.15) is 0 Å². The summed E-state index contributed by atoms with van der Waals surface area (Å²) in [5.41, 5.74) is 5.21. The zero-order chi connectivity index (χ0) is 10.5. The van der Waals surface area contributed by atoms with Gasteiger partial charge >= 0.3 is 0 Å². The Bertz CT molecular complexity index is 377. The average Bonchev–Trinajstić information content (AvgIpc) is 2.30. The third kappa shape index (κ3) is 1.19. The van der Waals surface area contributed by atoms with Gasteiger partial charge in [0.1, 0.15) is 0 Å². The third-order valence-corrected chi connectivity index (χ3v) is 3.39. The molecule has 1 aromatic carbocycles. The molecule has 1 nitrogen and oxygen atoms in total. The second kappa shape index (κ2) is 2.83. The van der Waals surface area contributed by atoms with E-state index >= 15 is 0 Å². The quantitative estimate of drug-likeness (QED) is 0.666. The number of rotatable bonds is 0. The van der Waals surface area contributed by atoms with Gasteiger partial charge in [0.25, 0.3) is 0 Å². The Balaban J connectivity index is 2.73. The van der Waals surface area contributed by atoms with Gasteiger partial charge in [-0.25, -0.2) is 0 Å². The molecule has 1 aliphatic carbocycles. The summed E-state index contributed by atoms with van der Waals surface area (Å²) < 4.78 is 0. The molecule has 1 unspecified atom stereocenters. The molecule has 0 amide bonds. The normalized spacial score (nSPS) is 23.6. The van der Waals surface area contributed by atoms with Crippen LogP contribution in [0.15, 0.2) is 12.1 Å². The highest BCUT2D eigenvalue weighted by atomic mass is 16.3. The summed E-state index contributed by atoms with van der Waals surface area (Å²) in [6.45, 7) is 8.66. The standard InChI is InChI=1S/C13H18O/c1-8-5-6-9(2)12-11(8)10(14)7-13(12,3)4/h5-6,10,14H,7H2,1-4H3. The first-order valence-electron chi connectivity index (χ1n) is 5.22. The summed E-state index contributed by atoms with van der Waals surface area (Å²) in [4.78, 5) is 0. The lowest BCUT2D eigenvalue weighted by atomic mass is 9.83. The minimum atomic E-state index is -0.264. The Labute approximate surface area is 85.8 Å². The Hall–Kier alpha value is -0.820. The number of hydrogen-bond acceptors (Lipinski definition) is 1. The summed E-state index contributed by atoms with van der Waals surface area (Å²) in [6.07, 6.45) is 0.591. The number of benzene rings is 1. The zero-order valence-corrected chi connectivity index (χ0v) is 9.39. The van der Waals surface area contributed by atoms with Gasteiger partial charge in [-0.3, -0.25) is 0 Å². The van der Waals surface area contributed by atoms with Gasteiger partial charge in [-0.15, -0.1) is 0 Å². The van der Waals surface area contributed by atoms with Gasteiger partial charge in [0.15, 0.2) is 0 Å². The largest absolute Gasteiger partial charge is 0.388 e. The Morgan fingerprint density at radius 2 is 1.79 bits per heavy atom. The first kappa shape index (κ1) is 9.72. The van der Waals surface area contributed by atoms with Crippen molar-refractivity contribution in [2.75, 3.05) is 0 Å². The summed E-state index contributed by atoms with van der Waals surface area (Å²) in [5.74, 6) is 0. The molecular weight excluding hydrogens is 172 g/mol. The first-order valence-corrected chi connectivity index (χ1v) is 5.22. The van der Waals surface area contributed by atoms with Crippen LogP contribution in [0.5, 0.6) is 0 Å². The minimum absolute atomic E-state index is 0.130. The molecule has 2 rings (SSSR count). The maximum Gasteiger partial charge on any atom is 0.0803 e. The van der Waals surface area contributed by atoms with Crippen LogP contribution in [0, 0.1) is 13.8 Å². The monoisotopic (exact) mass is 190 g/mol. The van der Waals surface area contributed by atoms with E-state index in [1.165, 1.54) is 22.3 Å². The SMILES string of the molecule is Cc1ccc(C)c2c1C(O)CC2(C)C. The van der Waals surface area contributed by atoms with E-state index in [1.54, 1.807) is 0 Å². The van der Waals surface area contributed by atoms with E-state index in [4.69, 9.17) is 0 Å². The topological polar surface area (TPSA) is 20.2 Å². The third-order valence-electron chi connectivity index (χ3n) is 3.39. The second-order valence-corrected chi connectivity index (χ2v) is 5.09. The van der Waals surface area contributed by atoms with Crippen molar-refractivity contribution in [1.82, 2.24) is 0 Å². The van der Waals surface area contributed by atoms with Crippen molar-refractivity contribution in [3.63, 3.8) is 0 Å². The number of aliphatic hydroxyl groups excluding tert-OH is 1. The minimum Gasteiger partial charge on any atom is -0.388 e. The molecule has 0 aromatic heterocycles. The Morgan fingerprint density at radius 1 is 1.21 bits per heavy atom. The molecule has 0 spiro atoms. The van der Waals surface area contributed by atoms with Crippen molar-refractivity contribution in [1.29, 1.82) is 0 Å². The van der Waals surface area contributed by atoms with E-state index in [0.29, 0.717) is 0 Å². The molecule has 0 saturated carbocycles. The van der Waals surface area contributed by atoms with Gasteiger partial charge in [-0.05, 0) is 47.9 Å². The lowest BCUT2D eigenvalue weighted by Crippen LogP contribution is -2.13. The fourth-order valence-corrected chi connectivity index (χ4v) is 2.85. The predicted octanol–water partition coefficient (Wildman–Crippen LogP) is 3.02. The molecule has 1 heteroatoms. The van der Waals surface area contributed by atoms with E-state index in [9.17, 15) is 5.11 Å². The van der Waals surface area contributed by atoms with Gasteiger partial charge in [0, 0.05) is 0 Å². The first-order chi connectivity index (χ1) is 6.43. The Morgan fingerprint density at radius 3 is 2.36 bits per heavy atom. The number of aliphatic hydroxyl groups is 1. The van der Waals surface area contributed by atoms with Crippen LogP contribution in [0.25, 0.3) is 0 Å². The van der Waals surface area contributed by atoms with E-state index < -0.39 is 0 Å². The van der Waals surface area contributed by atoms with Crippen molar-refractivity contribution in [2.45, 2.75) is 45.6 Å². The van der Waals surface area contributed by atoms with Gasteiger partial charge in [-0.1, -0.05) is 26.0 Å². The van der Waals surface area contributed by atoms with Crippen molar-refractivity contribution in [3.05, 3.63) is 34.4 Å². The summed E-state index contributed by atoms with van der Waals surface area (Å²) in [6, 6.07) is 4.27. The van der Waals surface area contributed by atoms with Crippen LogP contribution < -0.4 is 0 Å². The molecule has 0 saturated heterocycles. The molecule has 0 fully saturated rings. The van der Waals surface area contributed by atoms with Gasteiger partial charge in [0.05, 0.1) is 6.10 Å². The van der Waals surface area contributed by atoms with Crippen LogP contribution in [0.3, 0.4) is 0 Å². The highest BCUT2D eigenvalue weighted by molar-refractivity contribution is 5.49. The highest BCUT2D eigenvalue weighted by Crippen LogP contribution is 2.47. The molecule has 1 N–H and O–H groups in total. The average molecular weight is 190 g/mol. The number of hydrogen-bond donors (Lipinski definition) is 1. The second-order valence-electron chi connectivity index (χ2n) is 5.09. The van der Waals surface area contributed by atoms with Crippen LogP contribution in [-0.2, 0) is 5.41 Å². The summed E-state index contributed by atoms with van der Waals surface area (Å²) >= 11 is 0. The van der Waals surface area contributed by atoms with Crippen LogP contribution in [0.2, 0.25) is 0 Å². The van der Waals surface area contributed by atoms with Crippen LogP contribution >= 0.6 is 0 Å². The molecule has 0 heterocycles. The fourth-order valence-electron chi connectivity index (χ4n) is 2.85. The van der Waals surface area contributed by atoms with Crippen molar-refractivity contribution in [2.24, 2.45) is 0 Å². The highest BCUT2D eigenvalue weighted by Gasteiger charge is 2.37. The van der Waals surface area contributed by atoms with E-state index in [-0.39, 0.29) is 11.5 Å². The fraction of sp³-hybridized carbons (Fsp3) is 0.538. The zero-order valence-electron chi connectivity index (χ0n) is 9.39. The van der Waals surface area contributed by atoms with E-state index in [0.717, 1.165) is 6.42 Å². The number of aryl methyl sites for hydroxylation is 2. The molecule has 0 aliphatic heterocycles. The Kier molecular flexibility index (Phi) is 1.97.